The maximum absolute atomic E-state index is 14.0. The summed E-state index contributed by atoms with van der Waals surface area (Å²) in [6.07, 6.45) is 12.1. The fourth-order valence-electron chi connectivity index (χ4n) is 13.6. The van der Waals surface area contributed by atoms with Crippen molar-refractivity contribution >= 4 is 58.2 Å². The van der Waals surface area contributed by atoms with E-state index in [1.54, 1.807) is 28.8 Å². The molecule has 5 aliphatic heterocycles. The van der Waals surface area contributed by atoms with Crippen LogP contribution in [-0.4, -0.2) is 115 Å². The lowest BCUT2D eigenvalue weighted by molar-refractivity contribution is -0.136. The van der Waals surface area contributed by atoms with Crippen LogP contribution in [0, 0.1) is 17.8 Å². The zero-order chi connectivity index (χ0) is 50.8. The van der Waals surface area contributed by atoms with Gasteiger partial charge < -0.3 is 24.3 Å². The van der Waals surface area contributed by atoms with Gasteiger partial charge in [0.25, 0.3) is 23.3 Å². The molecule has 2 N–H and O–H groups in total. The van der Waals surface area contributed by atoms with Crippen LogP contribution >= 0.6 is 0 Å². The minimum absolute atomic E-state index is 0.0308. The minimum atomic E-state index is -0.980. The van der Waals surface area contributed by atoms with E-state index in [0.717, 1.165) is 110 Å². The second-order valence-electron chi connectivity index (χ2n) is 22.8. The molecule has 0 radical (unpaired) electrons. The van der Waals surface area contributed by atoms with Gasteiger partial charge in [0.15, 0.2) is 0 Å². The van der Waals surface area contributed by atoms with Crippen LogP contribution in [0.4, 0.5) is 28.7 Å². The molecule has 3 saturated heterocycles. The number of piperidine rings is 2. The number of piperazine rings is 1. The number of pyridine rings is 3. The molecule has 9 heterocycles. The fourth-order valence-corrected chi connectivity index (χ4v) is 13.6. The highest BCUT2D eigenvalue weighted by molar-refractivity contribution is 6.23. The minimum Gasteiger partial charge on any atom is -0.369 e. The molecule has 2 aliphatic carbocycles. The number of fused-ring (bicyclic) bond motifs is 4. The molecule has 1 unspecified atom stereocenters. The highest BCUT2D eigenvalue weighted by Gasteiger charge is 2.51. The van der Waals surface area contributed by atoms with Crippen molar-refractivity contribution in [3.05, 3.63) is 111 Å². The third-order valence-corrected chi connectivity index (χ3v) is 17.3. The number of nitrogens with zero attached hydrogens (tertiary/aromatic N) is 9. The molecular weight excluding hydrogens is 923 g/mol. The third-order valence-electron chi connectivity index (χ3n) is 17.3. The molecule has 5 aromatic rings. The van der Waals surface area contributed by atoms with E-state index in [9.17, 15) is 28.8 Å². The van der Waals surface area contributed by atoms with Crippen LogP contribution in [0.5, 0.6) is 0 Å². The zero-order valence-electron chi connectivity index (χ0n) is 42.5. The standard InChI is InChI=1S/C56H63N11O6/c1-32-24-56(14-16-63(32)37-7-9-41-42(23-37)52(71)67(51(41)70)44-10-12-48(68)60-50(44)69)26-39(27-56)62-17-18-64(33(2)30-62)38-8-11-47(58-29-38)59-43-21-36(31-61(6)53(43)72)40-13-15-57-49(34(40)3)66-20-19-65-45(54(66)73)22-35-25-55(4,5)28-46(35)65/h7-9,11,13,15,21-23,29,31-33,39,44H,10,12,14,16-20,24-28,30H2,1-6H3,(H,58,59)(H,60,68,69)/t32-,33-,39?,44?,56?/m0/s1. The van der Waals surface area contributed by atoms with Crippen LogP contribution in [0.2, 0.25) is 0 Å². The summed E-state index contributed by atoms with van der Waals surface area (Å²) in [7, 11) is 1.75. The second-order valence-corrected chi connectivity index (χ2v) is 22.8. The van der Waals surface area contributed by atoms with Crippen molar-refractivity contribution in [1.82, 2.24) is 34.2 Å². The van der Waals surface area contributed by atoms with Crippen molar-refractivity contribution in [3.63, 3.8) is 0 Å². The normalized spacial score (nSPS) is 25.8. The Kier molecular flexibility index (Phi) is 11.1. The predicted molar refractivity (Wildman–Crippen MR) is 277 cm³/mol. The maximum Gasteiger partial charge on any atom is 0.276 e. The molecule has 4 aromatic heterocycles. The van der Waals surface area contributed by atoms with E-state index < -0.39 is 29.7 Å². The average molecular weight is 986 g/mol. The number of hydrogen-bond donors (Lipinski definition) is 2. The van der Waals surface area contributed by atoms with Gasteiger partial charge in [-0.2, -0.15) is 0 Å². The van der Waals surface area contributed by atoms with Gasteiger partial charge in [0, 0.05) is 100 Å². The topological polar surface area (TPSA) is 178 Å². The van der Waals surface area contributed by atoms with Gasteiger partial charge in [0.1, 0.15) is 29.1 Å². The van der Waals surface area contributed by atoms with Gasteiger partial charge in [-0.1, -0.05) is 13.8 Å². The third kappa shape index (κ3) is 7.92. The molecule has 4 fully saturated rings. The first-order valence-electron chi connectivity index (χ1n) is 26.0. The van der Waals surface area contributed by atoms with Crippen LogP contribution < -0.4 is 30.9 Å². The Hall–Kier alpha value is -7.14. The number of aryl methyl sites for hydroxylation is 1. The number of imide groups is 2. The molecule has 17 heteroatoms. The van der Waals surface area contributed by atoms with Crippen molar-refractivity contribution in [2.75, 3.05) is 52.7 Å². The molecule has 7 aliphatic rings. The SMILES string of the molecule is Cc1c(-c2cc(Nc3ccc(N4CCN(C5CC6(CCN(c7ccc8c(c7)C(=O)N(C7CCC(=O)NC7=O)C8=O)[C@@H](C)C6)C5)C[C@@H]4C)cn3)c(=O)n(C)c2)ccnc1N1CCn2c(cc3c2CC(C)(C)C3)C1=O. The summed E-state index contributed by atoms with van der Waals surface area (Å²) in [6, 6.07) is 15.4. The predicted octanol–water partition coefficient (Wildman–Crippen LogP) is 6.23. The lowest BCUT2D eigenvalue weighted by atomic mass is 9.58. The van der Waals surface area contributed by atoms with Gasteiger partial charge in [-0.25, -0.2) is 9.97 Å². The van der Waals surface area contributed by atoms with Crippen molar-refractivity contribution in [3.8, 4) is 11.1 Å². The van der Waals surface area contributed by atoms with Crippen molar-refractivity contribution in [2.24, 2.45) is 17.9 Å². The molecule has 73 heavy (non-hydrogen) atoms. The molecule has 1 aromatic carbocycles. The Morgan fingerprint density at radius 1 is 0.767 bits per heavy atom. The second kappa shape index (κ2) is 17.2. The Morgan fingerprint density at radius 3 is 2.30 bits per heavy atom. The zero-order valence-corrected chi connectivity index (χ0v) is 42.5. The smallest absolute Gasteiger partial charge is 0.276 e. The van der Waals surface area contributed by atoms with Crippen LogP contribution in [0.1, 0.15) is 114 Å². The number of carbonyl (C=O) groups excluding carboxylic acids is 5. The van der Waals surface area contributed by atoms with Gasteiger partial charge in [-0.15, -0.1) is 0 Å². The maximum atomic E-state index is 14.0. The molecule has 17 nitrogen and oxygen atoms in total. The molecule has 12 rings (SSSR count). The van der Waals surface area contributed by atoms with Crippen molar-refractivity contribution < 1.29 is 24.0 Å². The van der Waals surface area contributed by atoms with Gasteiger partial charge in [0.2, 0.25) is 11.8 Å². The summed E-state index contributed by atoms with van der Waals surface area (Å²) in [5, 5.41) is 5.58. The summed E-state index contributed by atoms with van der Waals surface area (Å²) < 4.78 is 3.79. The molecule has 0 bridgehead atoms. The van der Waals surface area contributed by atoms with E-state index in [4.69, 9.17) is 9.97 Å². The molecule has 1 saturated carbocycles. The number of amides is 5. The van der Waals surface area contributed by atoms with Crippen LogP contribution in [0.25, 0.3) is 11.1 Å². The quantitative estimate of drug-likeness (QED) is 0.168. The summed E-state index contributed by atoms with van der Waals surface area (Å²) in [6.45, 7) is 16.0. The van der Waals surface area contributed by atoms with Crippen molar-refractivity contribution in [1.29, 1.82) is 0 Å². The number of benzene rings is 1. The number of anilines is 5. The number of aromatic nitrogens is 4. The Bertz CT molecular complexity index is 3220. The Morgan fingerprint density at radius 2 is 1.55 bits per heavy atom. The summed E-state index contributed by atoms with van der Waals surface area (Å²) >= 11 is 0. The Labute approximate surface area is 424 Å². The summed E-state index contributed by atoms with van der Waals surface area (Å²) in [5.74, 6) is -0.781. The number of hydrogen-bond acceptors (Lipinski definition) is 12. The monoisotopic (exact) mass is 985 g/mol. The van der Waals surface area contributed by atoms with E-state index in [1.165, 1.54) is 11.3 Å². The van der Waals surface area contributed by atoms with E-state index >= 15 is 0 Å². The van der Waals surface area contributed by atoms with Crippen LogP contribution in [0.15, 0.2) is 71.9 Å². The highest BCUT2D eigenvalue weighted by atomic mass is 16.2. The summed E-state index contributed by atoms with van der Waals surface area (Å²) in [4.78, 5) is 98.5. The van der Waals surface area contributed by atoms with Gasteiger partial charge in [-0.3, -0.25) is 48.8 Å². The Balaban J connectivity index is 0.656. The lowest BCUT2D eigenvalue weighted by Gasteiger charge is -2.58. The van der Waals surface area contributed by atoms with Gasteiger partial charge in [-0.05, 0) is 142 Å². The fraction of sp³-hybridized carbons (Fsp3) is 0.464. The van der Waals surface area contributed by atoms with Gasteiger partial charge >= 0.3 is 0 Å². The largest absolute Gasteiger partial charge is 0.369 e. The molecule has 378 valence electrons. The van der Waals surface area contributed by atoms with Crippen LogP contribution in [0.3, 0.4) is 0 Å². The number of rotatable bonds is 8. The van der Waals surface area contributed by atoms with E-state index in [-0.39, 0.29) is 47.2 Å². The van der Waals surface area contributed by atoms with E-state index in [2.05, 4.69) is 69.7 Å². The highest BCUT2D eigenvalue weighted by Crippen LogP contribution is 2.53. The summed E-state index contributed by atoms with van der Waals surface area (Å²) in [5.41, 5.74) is 9.18. The molecule has 1 spiro atoms. The average Bonchev–Trinajstić information content (AvgIpc) is 3.93. The molecular formula is C56H63N11O6. The van der Waals surface area contributed by atoms with E-state index in [1.807, 2.05) is 49.6 Å². The first-order chi connectivity index (χ1) is 34.9. The van der Waals surface area contributed by atoms with Crippen molar-refractivity contribution in [2.45, 2.75) is 117 Å². The molecule has 5 amide bonds. The number of carbonyl (C=O) groups is 5. The first-order valence-corrected chi connectivity index (χ1v) is 26.0. The first kappa shape index (κ1) is 46.9. The number of nitrogens with one attached hydrogen (secondary N) is 2. The van der Waals surface area contributed by atoms with Gasteiger partial charge in [0.05, 0.1) is 23.0 Å². The molecule has 3 atom stereocenters. The lowest BCUT2D eigenvalue weighted by Crippen LogP contribution is -2.62. The van der Waals surface area contributed by atoms with E-state index in [0.29, 0.717) is 41.0 Å². The van der Waals surface area contributed by atoms with Crippen LogP contribution in [-0.2, 0) is 36.0 Å².